The largest absolute Gasteiger partial charge is 0.494 e. The smallest absolute Gasteiger partial charge is 0.251 e. The van der Waals surface area contributed by atoms with Crippen molar-refractivity contribution in [2.45, 2.75) is 45.1 Å². The first-order chi connectivity index (χ1) is 10.2. The van der Waals surface area contributed by atoms with Crippen LogP contribution in [0.25, 0.3) is 0 Å². The van der Waals surface area contributed by atoms with E-state index in [1.807, 2.05) is 24.3 Å². The molecule has 0 saturated heterocycles. The zero-order chi connectivity index (χ0) is 15.1. The number of halogens is 1. The number of carbonyl (C=O) groups excluding carboxylic acids is 1. The second kappa shape index (κ2) is 8.42. The Balaban J connectivity index is 1.87. The first-order valence-electron chi connectivity index (χ1n) is 7.84. The molecule has 4 heteroatoms. The summed E-state index contributed by atoms with van der Waals surface area (Å²) in [5.41, 5.74) is 0.707. The van der Waals surface area contributed by atoms with E-state index in [4.69, 9.17) is 4.74 Å². The van der Waals surface area contributed by atoms with Gasteiger partial charge in [-0.25, -0.2) is 0 Å². The van der Waals surface area contributed by atoms with Gasteiger partial charge in [0.05, 0.1) is 6.61 Å². The minimum atomic E-state index is 0.0213. The molecule has 21 heavy (non-hydrogen) atoms. The molecule has 2 rings (SSSR count). The van der Waals surface area contributed by atoms with Gasteiger partial charge < -0.3 is 10.1 Å². The van der Waals surface area contributed by atoms with Crippen molar-refractivity contribution in [3.05, 3.63) is 29.8 Å². The fraction of sp³-hybridized carbons (Fsp3) is 0.588. The molecule has 1 saturated carbocycles. The summed E-state index contributed by atoms with van der Waals surface area (Å²) in [6.45, 7) is 2.87. The summed E-state index contributed by atoms with van der Waals surface area (Å²) in [6.07, 6.45) is 5.65. The number of amides is 1. The van der Waals surface area contributed by atoms with Crippen LogP contribution in [0.3, 0.4) is 0 Å². The Labute approximate surface area is 135 Å². The number of ether oxygens (including phenoxy) is 1. The highest BCUT2D eigenvalue weighted by Gasteiger charge is 2.27. The summed E-state index contributed by atoms with van der Waals surface area (Å²) in [5, 5.41) is 4.12. The lowest BCUT2D eigenvalue weighted by molar-refractivity contribution is 0.0930. The number of benzene rings is 1. The Morgan fingerprint density at radius 2 is 2.10 bits per heavy atom. The van der Waals surface area contributed by atoms with Gasteiger partial charge in [-0.05, 0) is 49.4 Å². The van der Waals surface area contributed by atoms with Gasteiger partial charge >= 0.3 is 0 Å². The van der Waals surface area contributed by atoms with Gasteiger partial charge in [0.15, 0.2) is 0 Å². The standard InChI is InChI=1S/C17H24BrNO2/c1-2-3-11-21-15-9-7-13(8-10-15)17(20)19-16-6-4-5-14(16)12-18/h7-10,14,16H,2-6,11-12H2,1H3,(H,19,20). The van der Waals surface area contributed by atoms with Gasteiger partial charge in [-0.15, -0.1) is 0 Å². The molecule has 1 aromatic carbocycles. The van der Waals surface area contributed by atoms with Crippen molar-refractivity contribution in [3.8, 4) is 5.75 Å². The molecule has 2 atom stereocenters. The van der Waals surface area contributed by atoms with Gasteiger partial charge in [0.25, 0.3) is 5.91 Å². The average molecular weight is 354 g/mol. The molecular weight excluding hydrogens is 330 g/mol. The second-order valence-corrected chi connectivity index (χ2v) is 6.30. The molecule has 0 aromatic heterocycles. The molecule has 1 amide bonds. The maximum Gasteiger partial charge on any atom is 0.251 e. The van der Waals surface area contributed by atoms with Crippen LogP contribution in [0.5, 0.6) is 5.75 Å². The first-order valence-corrected chi connectivity index (χ1v) is 8.96. The third-order valence-electron chi connectivity index (χ3n) is 4.06. The third kappa shape index (κ3) is 4.73. The molecule has 3 nitrogen and oxygen atoms in total. The SMILES string of the molecule is CCCCOc1ccc(C(=O)NC2CCCC2CBr)cc1. The van der Waals surface area contributed by atoms with Gasteiger partial charge in [-0.3, -0.25) is 4.79 Å². The average Bonchev–Trinajstić information content (AvgIpc) is 2.95. The van der Waals surface area contributed by atoms with Crippen molar-refractivity contribution in [2.75, 3.05) is 11.9 Å². The lowest BCUT2D eigenvalue weighted by atomic mass is 10.1. The van der Waals surface area contributed by atoms with E-state index >= 15 is 0 Å². The maximum atomic E-state index is 12.3. The van der Waals surface area contributed by atoms with Crippen molar-refractivity contribution in [2.24, 2.45) is 5.92 Å². The van der Waals surface area contributed by atoms with Gasteiger partial charge in [-0.2, -0.15) is 0 Å². The summed E-state index contributed by atoms with van der Waals surface area (Å²) in [7, 11) is 0. The highest BCUT2D eigenvalue weighted by atomic mass is 79.9. The molecule has 0 bridgehead atoms. The molecule has 1 aliphatic carbocycles. The van der Waals surface area contributed by atoms with E-state index in [2.05, 4.69) is 28.2 Å². The van der Waals surface area contributed by atoms with Crippen molar-refractivity contribution in [1.29, 1.82) is 0 Å². The molecule has 1 aliphatic rings. The summed E-state index contributed by atoms with van der Waals surface area (Å²) in [6, 6.07) is 7.74. The van der Waals surface area contributed by atoms with E-state index in [0.717, 1.165) is 36.9 Å². The number of hydrogen-bond acceptors (Lipinski definition) is 2. The number of carbonyl (C=O) groups is 1. The number of nitrogens with one attached hydrogen (secondary N) is 1. The normalized spacial score (nSPS) is 21.2. The number of alkyl halides is 1. The molecule has 0 radical (unpaired) electrons. The molecule has 1 N–H and O–H groups in total. The van der Waals surface area contributed by atoms with E-state index in [0.29, 0.717) is 17.5 Å². The Kier molecular flexibility index (Phi) is 6.55. The van der Waals surface area contributed by atoms with Gasteiger partial charge in [-0.1, -0.05) is 35.7 Å². The lowest BCUT2D eigenvalue weighted by Gasteiger charge is -2.19. The van der Waals surface area contributed by atoms with Crippen molar-refractivity contribution in [1.82, 2.24) is 5.32 Å². The summed E-state index contributed by atoms with van der Waals surface area (Å²) in [5.74, 6) is 1.41. The summed E-state index contributed by atoms with van der Waals surface area (Å²) >= 11 is 3.53. The van der Waals surface area contributed by atoms with Crippen LogP contribution < -0.4 is 10.1 Å². The van der Waals surface area contributed by atoms with E-state index in [9.17, 15) is 4.79 Å². The Bertz CT molecular complexity index is 447. The van der Waals surface area contributed by atoms with Crippen molar-refractivity contribution < 1.29 is 9.53 Å². The molecule has 0 heterocycles. The fourth-order valence-corrected chi connectivity index (χ4v) is 3.48. The molecule has 1 fully saturated rings. The molecule has 116 valence electrons. The van der Waals surface area contributed by atoms with Crippen molar-refractivity contribution in [3.63, 3.8) is 0 Å². The van der Waals surface area contributed by atoms with Crippen LogP contribution in [0.4, 0.5) is 0 Å². The van der Waals surface area contributed by atoms with Crippen LogP contribution in [-0.4, -0.2) is 23.9 Å². The quantitative estimate of drug-likeness (QED) is 0.590. The topological polar surface area (TPSA) is 38.3 Å². The number of unbranched alkanes of at least 4 members (excludes halogenated alkanes) is 1. The second-order valence-electron chi connectivity index (χ2n) is 5.65. The first kappa shape index (κ1) is 16.3. The number of rotatable bonds is 7. The zero-order valence-electron chi connectivity index (χ0n) is 12.6. The third-order valence-corrected chi connectivity index (χ3v) is 4.89. The highest BCUT2D eigenvalue weighted by Crippen LogP contribution is 2.27. The van der Waals surface area contributed by atoms with Crippen LogP contribution >= 0.6 is 15.9 Å². The highest BCUT2D eigenvalue weighted by molar-refractivity contribution is 9.09. The van der Waals surface area contributed by atoms with Crippen LogP contribution in [0, 0.1) is 5.92 Å². The summed E-state index contributed by atoms with van der Waals surface area (Å²) in [4.78, 5) is 12.3. The molecule has 0 spiro atoms. The van der Waals surface area contributed by atoms with Gasteiger partial charge in [0.1, 0.15) is 5.75 Å². The van der Waals surface area contributed by atoms with Gasteiger partial charge in [0.2, 0.25) is 0 Å². The number of hydrogen-bond donors (Lipinski definition) is 1. The summed E-state index contributed by atoms with van der Waals surface area (Å²) < 4.78 is 5.61. The van der Waals surface area contributed by atoms with E-state index in [1.54, 1.807) is 0 Å². The minimum absolute atomic E-state index is 0.0213. The zero-order valence-corrected chi connectivity index (χ0v) is 14.2. The molecule has 2 unspecified atom stereocenters. The van der Waals surface area contributed by atoms with E-state index in [-0.39, 0.29) is 5.91 Å². The molecule has 1 aromatic rings. The Hall–Kier alpha value is -1.03. The molecule has 0 aliphatic heterocycles. The predicted octanol–water partition coefficient (Wildman–Crippen LogP) is 4.16. The monoisotopic (exact) mass is 353 g/mol. The maximum absolute atomic E-state index is 12.3. The van der Waals surface area contributed by atoms with Crippen molar-refractivity contribution >= 4 is 21.8 Å². The van der Waals surface area contributed by atoms with E-state index in [1.165, 1.54) is 12.8 Å². The van der Waals surface area contributed by atoms with Gasteiger partial charge in [0, 0.05) is 16.9 Å². The van der Waals surface area contributed by atoms with Crippen LogP contribution in [-0.2, 0) is 0 Å². The van der Waals surface area contributed by atoms with Crippen LogP contribution in [0.1, 0.15) is 49.4 Å². The minimum Gasteiger partial charge on any atom is -0.494 e. The fourth-order valence-electron chi connectivity index (χ4n) is 2.70. The molecular formula is C17H24BrNO2. The van der Waals surface area contributed by atoms with Crippen LogP contribution in [0.2, 0.25) is 0 Å². The lowest BCUT2D eigenvalue weighted by Crippen LogP contribution is -2.37. The Morgan fingerprint density at radius 3 is 2.76 bits per heavy atom. The predicted molar refractivity (Wildman–Crippen MR) is 89.2 cm³/mol. The van der Waals surface area contributed by atoms with Crippen LogP contribution in [0.15, 0.2) is 24.3 Å². The Morgan fingerprint density at radius 1 is 1.33 bits per heavy atom. The van der Waals surface area contributed by atoms with E-state index < -0.39 is 0 Å².